The van der Waals surface area contributed by atoms with Crippen molar-refractivity contribution in [2.24, 2.45) is 5.73 Å². The van der Waals surface area contributed by atoms with Gasteiger partial charge < -0.3 is 11.1 Å². The van der Waals surface area contributed by atoms with Gasteiger partial charge in [0.2, 0.25) is 5.91 Å². The quantitative estimate of drug-likeness (QED) is 0.502. The molecule has 2 fully saturated rings. The zero-order valence-electron chi connectivity index (χ0n) is 20.2. The summed E-state index contributed by atoms with van der Waals surface area (Å²) in [6, 6.07) is 12.0. The number of aromatic nitrogens is 3. The Bertz CT molecular complexity index is 1280. The van der Waals surface area contributed by atoms with E-state index in [1.54, 1.807) is 18.3 Å². The highest BCUT2D eigenvalue weighted by Crippen LogP contribution is 2.42. The van der Waals surface area contributed by atoms with E-state index in [4.69, 9.17) is 10.7 Å². The first-order chi connectivity index (χ1) is 17.6. The van der Waals surface area contributed by atoms with E-state index in [-0.39, 0.29) is 5.91 Å². The van der Waals surface area contributed by atoms with Gasteiger partial charge in [-0.3, -0.25) is 19.6 Å². The van der Waals surface area contributed by atoms with Crippen LogP contribution in [0.4, 0.5) is 11.6 Å². The standard InChI is InChI=1S/C27H30N8O/c28-14-19-4-5-31-26(11-19)33-27-13-22(21-2-3-21)12-24(32-27)23-10-20(15-30-16-23)17-34-6-1-7-35(9-8-34)18-25(29)36/h4-5,10-13,15-16,21H,1-3,6-9,17-18H2,(H2,29,36)(H,31,32,33). The van der Waals surface area contributed by atoms with Crippen molar-refractivity contribution in [1.29, 1.82) is 5.26 Å². The van der Waals surface area contributed by atoms with Crippen LogP contribution in [-0.2, 0) is 11.3 Å². The lowest BCUT2D eigenvalue weighted by Crippen LogP contribution is -2.36. The monoisotopic (exact) mass is 482 g/mol. The highest BCUT2D eigenvalue weighted by Gasteiger charge is 2.25. The van der Waals surface area contributed by atoms with Gasteiger partial charge in [-0.1, -0.05) is 0 Å². The second kappa shape index (κ2) is 10.8. The van der Waals surface area contributed by atoms with Gasteiger partial charge in [-0.25, -0.2) is 9.97 Å². The Balaban J connectivity index is 1.34. The molecule has 5 rings (SSSR count). The summed E-state index contributed by atoms with van der Waals surface area (Å²) >= 11 is 0. The van der Waals surface area contributed by atoms with Crippen molar-refractivity contribution in [3.8, 4) is 17.3 Å². The number of nitrogens with one attached hydrogen (secondary N) is 1. The predicted molar refractivity (Wildman–Crippen MR) is 137 cm³/mol. The minimum Gasteiger partial charge on any atom is -0.369 e. The van der Waals surface area contributed by atoms with Crippen molar-refractivity contribution in [2.75, 3.05) is 38.0 Å². The molecule has 36 heavy (non-hydrogen) atoms. The molecular weight excluding hydrogens is 452 g/mol. The number of nitrogens with two attached hydrogens (primary N) is 1. The number of carbonyl (C=O) groups excluding carboxylic acids is 1. The van der Waals surface area contributed by atoms with Gasteiger partial charge in [0.15, 0.2) is 0 Å². The van der Waals surface area contributed by atoms with Crippen LogP contribution in [0.2, 0.25) is 0 Å². The summed E-state index contributed by atoms with van der Waals surface area (Å²) in [5, 5.41) is 12.5. The lowest BCUT2D eigenvalue weighted by molar-refractivity contribution is -0.119. The Hall–Kier alpha value is -3.87. The first-order valence-corrected chi connectivity index (χ1v) is 12.4. The molecule has 1 aliphatic carbocycles. The fourth-order valence-electron chi connectivity index (χ4n) is 4.65. The Morgan fingerprint density at radius 3 is 2.72 bits per heavy atom. The van der Waals surface area contributed by atoms with Crippen molar-refractivity contribution in [3.05, 3.63) is 65.6 Å². The largest absolute Gasteiger partial charge is 0.369 e. The lowest BCUT2D eigenvalue weighted by Gasteiger charge is -2.21. The predicted octanol–water partition coefficient (Wildman–Crippen LogP) is 3.02. The number of primary amides is 1. The molecule has 4 heterocycles. The first-order valence-electron chi connectivity index (χ1n) is 12.4. The van der Waals surface area contributed by atoms with Crippen LogP contribution >= 0.6 is 0 Å². The SMILES string of the molecule is N#Cc1ccnc(Nc2cc(C3CC3)cc(-c3cncc(CN4CCCN(CC(N)=O)CC4)c3)n2)c1. The van der Waals surface area contributed by atoms with E-state index < -0.39 is 0 Å². The van der Waals surface area contributed by atoms with Gasteiger partial charge in [-0.05, 0) is 79.7 Å². The second-order valence-corrected chi connectivity index (χ2v) is 9.57. The summed E-state index contributed by atoms with van der Waals surface area (Å²) in [4.78, 5) is 29.5. The minimum atomic E-state index is -0.274. The van der Waals surface area contributed by atoms with Crippen LogP contribution in [0.5, 0.6) is 0 Å². The number of pyridine rings is 3. The molecule has 3 aromatic rings. The van der Waals surface area contributed by atoms with Crippen molar-refractivity contribution in [1.82, 2.24) is 24.8 Å². The fourth-order valence-corrected chi connectivity index (χ4v) is 4.65. The number of rotatable bonds is 8. The second-order valence-electron chi connectivity index (χ2n) is 9.57. The molecule has 0 bridgehead atoms. The molecule has 1 saturated carbocycles. The topological polar surface area (TPSA) is 124 Å². The molecule has 9 heteroatoms. The molecule has 1 aliphatic heterocycles. The molecule has 3 N–H and O–H groups in total. The normalized spacial score (nSPS) is 16.8. The maximum atomic E-state index is 11.3. The number of hydrogen-bond donors (Lipinski definition) is 2. The molecule has 9 nitrogen and oxygen atoms in total. The summed E-state index contributed by atoms with van der Waals surface area (Å²) < 4.78 is 0. The van der Waals surface area contributed by atoms with E-state index in [1.165, 1.54) is 18.4 Å². The number of carbonyl (C=O) groups is 1. The molecule has 1 saturated heterocycles. The van der Waals surface area contributed by atoms with Crippen molar-refractivity contribution >= 4 is 17.5 Å². The molecule has 3 aromatic heterocycles. The highest BCUT2D eigenvalue weighted by molar-refractivity contribution is 5.75. The molecule has 1 amide bonds. The molecule has 184 valence electrons. The Morgan fingerprint density at radius 2 is 1.92 bits per heavy atom. The molecule has 0 unspecified atom stereocenters. The lowest BCUT2D eigenvalue weighted by atomic mass is 10.1. The van der Waals surface area contributed by atoms with Gasteiger partial charge in [0, 0.05) is 43.8 Å². The van der Waals surface area contributed by atoms with E-state index in [2.05, 4.69) is 49.4 Å². The molecule has 0 spiro atoms. The smallest absolute Gasteiger partial charge is 0.231 e. The van der Waals surface area contributed by atoms with E-state index in [1.807, 2.05) is 12.4 Å². The van der Waals surface area contributed by atoms with Crippen LogP contribution in [-0.4, -0.2) is 63.4 Å². The van der Waals surface area contributed by atoms with Crippen molar-refractivity contribution in [3.63, 3.8) is 0 Å². The van der Waals surface area contributed by atoms with Gasteiger partial charge in [0.05, 0.1) is 23.9 Å². The molecular formula is C27H30N8O. The fraction of sp³-hybridized carbons (Fsp3) is 0.370. The number of anilines is 2. The number of hydrogen-bond acceptors (Lipinski definition) is 8. The maximum absolute atomic E-state index is 11.3. The molecule has 0 aromatic carbocycles. The van der Waals surface area contributed by atoms with Gasteiger partial charge in [-0.15, -0.1) is 0 Å². The van der Waals surface area contributed by atoms with Crippen LogP contribution in [0, 0.1) is 11.3 Å². The van der Waals surface area contributed by atoms with Crippen LogP contribution in [0.15, 0.2) is 48.9 Å². The van der Waals surface area contributed by atoms with Crippen LogP contribution in [0.25, 0.3) is 11.3 Å². The van der Waals surface area contributed by atoms with Gasteiger partial charge in [0.1, 0.15) is 11.6 Å². The zero-order chi connectivity index (χ0) is 24.9. The van der Waals surface area contributed by atoms with Gasteiger partial charge >= 0.3 is 0 Å². The third kappa shape index (κ3) is 6.22. The summed E-state index contributed by atoms with van der Waals surface area (Å²) in [7, 11) is 0. The molecule has 0 atom stereocenters. The Labute approximate surface area is 211 Å². The zero-order valence-corrected chi connectivity index (χ0v) is 20.2. The Kier molecular flexibility index (Phi) is 7.16. The maximum Gasteiger partial charge on any atom is 0.231 e. The van der Waals surface area contributed by atoms with E-state index in [0.717, 1.165) is 56.0 Å². The van der Waals surface area contributed by atoms with Gasteiger partial charge in [0.25, 0.3) is 0 Å². The van der Waals surface area contributed by atoms with E-state index in [0.29, 0.717) is 29.7 Å². The minimum absolute atomic E-state index is 0.274. The average molecular weight is 483 g/mol. The average Bonchev–Trinajstić information content (AvgIpc) is 3.73. The van der Waals surface area contributed by atoms with Crippen molar-refractivity contribution in [2.45, 2.75) is 31.7 Å². The Morgan fingerprint density at radius 1 is 1.08 bits per heavy atom. The number of nitriles is 1. The molecule has 0 radical (unpaired) electrons. The number of amides is 1. The molecule has 2 aliphatic rings. The summed E-state index contributed by atoms with van der Waals surface area (Å²) in [6.45, 7) is 4.69. The summed E-state index contributed by atoms with van der Waals surface area (Å²) in [5.41, 5.74) is 10.2. The van der Waals surface area contributed by atoms with Crippen molar-refractivity contribution < 1.29 is 4.79 Å². The van der Waals surface area contributed by atoms with Gasteiger partial charge in [-0.2, -0.15) is 5.26 Å². The third-order valence-corrected chi connectivity index (χ3v) is 6.60. The van der Waals surface area contributed by atoms with Crippen LogP contribution < -0.4 is 11.1 Å². The summed E-state index contributed by atoms with van der Waals surface area (Å²) in [6.07, 6.45) is 8.77. The van der Waals surface area contributed by atoms with Crippen LogP contribution in [0.3, 0.4) is 0 Å². The summed E-state index contributed by atoms with van der Waals surface area (Å²) in [5.74, 6) is 1.59. The van der Waals surface area contributed by atoms with Crippen LogP contribution in [0.1, 0.15) is 41.9 Å². The third-order valence-electron chi connectivity index (χ3n) is 6.60. The van der Waals surface area contributed by atoms with E-state index >= 15 is 0 Å². The highest BCUT2D eigenvalue weighted by atomic mass is 16.1. The first kappa shape index (κ1) is 23.9. The van der Waals surface area contributed by atoms with E-state index in [9.17, 15) is 10.1 Å². The number of nitrogens with zero attached hydrogens (tertiary/aromatic N) is 6.